The highest BCUT2D eigenvalue weighted by atomic mass is 13.4. The average Bonchev–Trinajstić information content (AvgIpc) is 2.25. The van der Waals surface area contributed by atoms with Crippen molar-refractivity contribution in [3.05, 3.63) is 0 Å². The van der Waals surface area contributed by atoms with Crippen LogP contribution in [-0.4, -0.2) is 0 Å². The maximum absolute atomic E-state index is 2.12. The van der Waals surface area contributed by atoms with Gasteiger partial charge in [-0.25, -0.2) is 0 Å². The Balaban J connectivity index is -0.00000000522. The third-order valence-electron chi connectivity index (χ3n) is 0. The van der Waals surface area contributed by atoms with Gasteiger partial charge >= 0.3 is 0 Å². The molecule has 0 aliphatic rings. The lowest BCUT2D eigenvalue weighted by Gasteiger charge is -1.48. The number of hydrogen-bond donors (Lipinski definition) is 0. The lowest BCUT2D eigenvalue weighted by Crippen LogP contribution is -1.27. The maximum atomic E-state index is 2.12. The minimum atomic E-state index is 0. The van der Waals surface area contributed by atoms with Gasteiger partial charge in [-0.1, -0.05) is 167 Å². The van der Waals surface area contributed by atoms with Crippen LogP contribution >= 0.6 is 0 Å². The minimum absolute atomic E-state index is 0. The van der Waals surface area contributed by atoms with E-state index in [4.69, 9.17) is 0 Å². The van der Waals surface area contributed by atoms with Gasteiger partial charge in [0.2, 0.25) is 0 Å². The van der Waals surface area contributed by atoms with E-state index >= 15 is 0 Å². The zero-order valence-corrected chi connectivity index (χ0v) is 15.5. The highest BCUT2D eigenvalue weighted by Crippen LogP contribution is 1.57. The van der Waals surface area contributed by atoms with Crippen molar-refractivity contribution in [1.82, 2.24) is 0 Å². The van der Waals surface area contributed by atoms with Crippen molar-refractivity contribution in [2.45, 2.75) is 167 Å². The molecular formula is C24H74. The molecule has 0 atom stereocenters. The van der Waals surface area contributed by atoms with Crippen LogP contribution in [0.4, 0.5) is 0 Å². The number of rotatable bonds is 0. The van der Waals surface area contributed by atoms with Crippen molar-refractivity contribution in [1.29, 1.82) is 0 Å². The summed E-state index contributed by atoms with van der Waals surface area (Å²) in [4.78, 5) is 0. The predicted molar refractivity (Wildman–Crippen MR) is 138 cm³/mol. The molecule has 0 N–H and O–H groups in total. The van der Waals surface area contributed by atoms with E-state index in [2.05, 4.69) is 69.2 Å². The fourth-order valence-electron chi connectivity index (χ4n) is 0. The molecule has 0 fully saturated rings. The fourth-order valence-corrected chi connectivity index (χ4v) is 0. The molecule has 0 unspecified atom stereocenters. The van der Waals surface area contributed by atoms with Crippen LogP contribution in [0.1, 0.15) is 167 Å². The molecule has 170 valence electrons. The highest BCUT2D eigenvalue weighted by Gasteiger charge is 1.36. The Morgan fingerprint density at radius 1 is 0.250 bits per heavy atom. The molecule has 0 saturated heterocycles. The Morgan fingerprint density at radius 3 is 0.250 bits per heavy atom. The van der Waals surface area contributed by atoms with Crippen LogP contribution in [0, 0.1) is 0 Å². The smallest absolute Gasteiger partial charge is 0.0590 e. The second-order valence-electron chi connectivity index (χ2n) is 3.54. The second-order valence-corrected chi connectivity index (χ2v) is 3.54. The molecule has 0 aromatic rings. The Morgan fingerprint density at radius 2 is 0.250 bits per heavy atom. The zero-order valence-electron chi connectivity index (χ0n) is 15.5. The molecule has 0 nitrogen and oxygen atoms in total. The van der Waals surface area contributed by atoms with Gasteiger partial charge in [-0.2, -0.15) is 0 Å². The van der Waals surface area contributed by atoms with E-state index < -0.39 is 0 Å². The summed E-state index contributed by atoms with van der Waals surface area (Å²) in [6.45, 7) is 25.2. The van der Waals surface area contributed by atoms with E-state index in [1.54, 1.807) is 0 Å². The molecule has 0 spiro atoms. The van der Waals surface area contributed by atoms with Gasteiger partial charge in [0.05, 0.1) is 0 Å². The van der Waals surface area contributed by atoms with Crippen molar-refractivity contribution in [3.63, 3.8) is 0 Å². The summed E-state index contributed by atoms with van der Waals surface area (Å²) in [5, 5.41) is 0. The normalized spacial score (nSPS) is 4.00. The van der Waals surface area contributed by atoms with E-state index in [9.17, 15) is 0 Å². The molecule has 0 heteroatoms. The average molecular weight is 363 g/mol. The Bertz CT molecular complexity index is 11.6. The van der Waals surface area contributed by atoms with E-state index in [0.717, 1.165) is 0 Å². The summed E-state index contributed by atoms with van der Waals surface area (Å²) in [7, 11) is 0. The molecule has 0 aliphatic carbocycles. The minimum Gasteiger partial charge on any atom is -0.0776 e. The van der Waals surface area contributed by atoms with Crippen LogP contribution in [0.3, 0.4) is 0 Å². The molecule has 0 saturated carbocycles. The van der Waals surface area contributed by atoms with Gasteiger partial charge in [-0.3, -0.25) is 0 Å². The van der Waals surface area contributed by atoms with Crippen LogP contribution in [0.2, 0.25) is 0 Å². The lowest BCUT2D eigenvalue weighted by atomic mass is 10.6. The van der Waals surface area contributed by atoms with Gasteiger partial charge < -0.3 is 0 Å². The largest absolute Gasteiger partial charge is 0.0776 e. The summed E-state index contributed by atoms with van der Waals surface area (Å²) in [6.07, 6.45) is 6.25. The standard InChI is InChI=1S/5C3H8.C2H6.7CH4/c5*1-3-2;1-2;;;;;;;/h5*3H2,1-2H3;1-2H3;7*1H4. The lowest BCUT2D eigenvalue weighted by molar-refractivity contribution is 1.09. The molecule has 0 bridgehead atoms. The van der Waals surface area contributed by atoms with Crippen LogP contribution in [0.5, 0.6) is 0 Å². The van der Waals surface area contributed by atoms with E-state index in [1.807, 2.05) is 13.8 Å². The Hall–Kier alpha value is 0. The molecule has 0 radical (unpaired) electrons. The van der Waals surface area contributed by atoms with Crippen molar-refractivity contribution >= 4 is 0 Å². The van der Waals surface area contributed by atoms with E-state index in [1.165, 1.54) is 32.1 Å². The molecular weight excluding hydrogens is 288 g/mol. The fraction of sp³-hybridized carbons (Fsp3) is 1.00. The van der Waals surface area contributed by atoms with Crippen molar-refractivity contribution in [2.24, 2.45) is 0 Å². The second kappa shape index (κ2) is 445. The molecule has 0 heterocycles. The molecule has 0 amide bonds. The molecule has 0 rings (SSSR count). The molecule has 24 heavy (non-hydrogen) atoms. The third-order valence-corrected chi connectivity index (χ3v) is 0. The third kappa shape index (κ3) is 0. The Labute approximate surface area is 167 Å². The monoisotopic (exact) mass is 363 g/mol. The maximum Gasteiger partial charge on any atom is -0.0590 e. The summed E-state index contributed by atoms with van der Waals surface area (Å²) >= 11 is 0. The van der Waals surface area contributed by atoms with Crippen molar-refractivity contribution in [2.75, 3.05) is 0 Å². The first-order valence-electron chi connectivity index (χ1n) is 8.07. The summed E-state index contributed by atoms with van der Waals surface area (Å²) < 4.78 is 0. The Kier molecular flexibility index (Phi) is 1950. The van der Waals surface area contributed by atoms with Crippen LogP contribution in [0.15, 0.2) is 0 Å². The molecule has 0 aromatic heterocycles. The van der Waals surface area contributed by atoms with Gasteiger partial charge in [-0.05, 0) is 0 Å². The number of hydrogen-bond acceptors (Lipinski definition) is 0. The summed E-state index contributed by atoms with van der Waals surface area (Å²) in [6, 6.07) is 0. The topological polar surface area (TPSA) is 0 Å². The van der Waals surface area contributed by atoms with Crippen molar-refractivity contribution in [3.8, 4) is 0 Å². The molecule has 0 aromatic carbocycles. The first kappa shape index (κ1) is 105. The van der Waals surface area contributed by atoms with Gasteiger partial charge in [0, 0.05) is 0 Å². The molecule has 0 aliphatic heterocycles. The van der Waals surface area contributed by atoms with Gasteiger partial charge in [0.15, 0.2) is 0 Å². The van der Waals surface area contributed by atoms with Crippen LogP contribution in [-0.2, 0) is 0 Å². The first-order valence-corrected chi connectivity index (χ1v) is 8.07. The first-order chi connectivity index (χ1) is 8.07. The van der Waals surface area contributed by atoms with Crippen molar-refractivity contribution < 1.29 is 0 Å². The highest BCUT2D eigenvalue weighted by molar-refractivity contribution is 3.93. The van der Waals surface area contributed by atoms with E-state index in [-0.39, 0.29) is 52.0 Å². The van der Waals surface area contributed by atoms with Gasteiger partial charge in [-0.15, -0.1) is 0 Å². The predicted octanol–water partition coefficient (Wildman–Crippen LogP) is 12.6. The quantitative estimate of drug-likeness (QED) is 0.401. The van der Waals surface area contributed by atoms with Crippen LogP contribution < -0.4 is 0 Å². The summed E-state index contributed by atoms with van der Waals surface area (Å²) in [5.74, 6) is 0. The van der Waals surface area contributed by atoms with Gasteiger partial charge in [0.25, 0.3) is 0 Å². The summed E-state index contributed by atoms with van der Waals surface area (Å²) in [5.41, 5.74) is 0. The van der Waals surface area contributed by atoms with Crippen LogP contribution in [0.25, 0.3) is 0 Å². The SMILES string of the molecule is C.C.C.C.C.C.C.CC.CCC.CCC.CCC.CCC.CCC. The zero-order chi connectivity index (χ0) is 15.5. The van der Waals surface area contributed by atoms with E-state index in [0.29, 0.717) is 0 Å². The van der Waals surface area contributed by atoms with Gasteiger partial charge in [0.1, 0.15) is 0 Å².